The maximum atomic E-state index is 9.48. The highest BCUT2D eigenvalue weighted by Gasteiger charge is 2.26. The van der Waals surface area contributed by atoms with E-state index < -0.39 is 0 Å². The molecule has 0 radical (unpaired) electrons. The smallest absolute Gasteiger partial charge is 0.0540 e. The molecule has 3 N–H and O–H groups in total. The van der Waals surface area contributed by atoms with E-state index >= 15 is 0 Å². The van der Waals surface area contributed by atoms with Crippen molar-refractivity contribution in [2.45, 2.75) is 51.0 Å². The molecule has 3 heteroatoms. The number of nitrogens with one attached hydrogen (secondary N) is 1. The predicted octanol–water partition coefficient (Wildman–Crippen LogP) is 1.54. The maximum Gasteiger partial charge on any atom is 0.0540 e. The number of aliphatic hydroxyl groups excluding tert-OH is 2. The van der Waals surface area contributed by atoms with Crippen LogP contribution in [0.4, 0.5) is 0 Å². The molecule has 0 aromatic carbocycles. The van der Waals surface area contributed by atoms with Gasteiger partial charge in [0.25, 0.3) is 0 Å². The van der Waals surface area contributed by atoms with E-state index in [2.05, 4.69) is 5.32 Å². The summed E-state index contributed by atoms with van der Waals surface area (Å²) in [5, 5.41) is 22.3. The summed E-state index contributed by atoms with van der Waals surface area (Å²) in [6.07, 6.45) is 8.02. The van der Waals surface area contributed by atoms with E-state index in [-0.39, 0.29) is 6.10 Å². The van der Waals surface area contributed by atoms with Gasteiger partial charge in [0.1, 0.15) is 0 Å². The van der Waals surface area contributed by atoms with Crippen molar-refractivity contribution in [2.24, 2.45) is 17.8 Å². The molecule has 0 aromatic rings. The number of piperidine rings is 1. The minimum absolute atomic E-state index is 0.0345. The monoisotopic (exact) mass is 241 g/mol. The van der Waals surface area contributed by atoms with Crippen molar-refractivity contribution in [3.63, 3.8) is 0 Å². The predicted molar refractivity (Wildman–Crippen MR) is 68.8 cm³/mol. The van der Waals surface area contributed by atoms with E-state index in [1.54, 1.807) is 0 Å². The van der Waals surface area contributed by atoms with Gasteiger partial charge in [0.05, 0.1) is 6.10 Å². The van der Waals surface area contributed by atoms with Crippen LogP contribution in [0.25, 0.3) is 0 Å². The fourth-order valence-electron chi connectivity index (χ4n) is 3.44. The zero-order valence-electron chi connectivity index (χ0n) is 10.8. The molecule has 1 aliphatic heterocycles. The first-order valence-electron chi connectivity index (χ1n) is 7.29. The summed E-state index contributed by atoms with van der Waals surface area (Å²) in [6, 6.07) is 0. The Kier molecular flexibility index (Phi) is 5.26. The average Bonchev–Trinajstić information content (AvgIpc) is 2.38. The second-order valence-corrected chi connectivity index (χ2v) is 5.95. The Labute approximate surface area is 105 Å². The van der Waals surface area contributed by atoms with Crippen LogP contribution in [-0.2, 0) is 0 Å². The molecule has 1 heterocycles. The molecule has 2 atom stereocenters. The summed E-state index contributed by atoms with van der Waals surface area (Å²) >= 11 is 0. The Balaban J connectivity index is 1.69. The molecular weight excluding hydrogens is 214 g/mol. The Morgan fingerprint density at radius 1 is 0.941 bits per heavy atom. The lowest BCUT2D eigenvalue weighted by Gasteiger charge is -2.33. The number of aliphatic hydroxyl groups is 2. The normalized spacial score (nSPS) is 39.2. The lowest BCUT2D eigenvalue weighted by molar-refractivity contribution is 0.0966. The fourth-order valence-corrected chi connectivity index (χ4v) is 3.44. The zero-order valence-corrected chi connectivity index (χ0v) is 10.8. The molecule has 1 saturated carbocycles. The highest BCUT2D eigenvalue weighted by atomic mass is 16.3. The Hall–Kier alpha value is -0.120. The van der Waals surface area contributed by atoms with Crippen LogP contribution in [0.15, 0.2) is 0 Å². The fraction of sp³-hybridized carbons (Fsp3) is 1.00. The van der Waals surface area contributed by atoms with E-state index in [0.717, 1.165) is 38.3 Å². The molecule has 0 spiro atoms. The highest BCUT2D eigenvalue weighted by Crippen LogP contribution is 2.31. The first-order valence-corrected chi connectivity index (χ1v) is 7.29. The lowest BCUT2D eigenvalue weighted by atomic mass is 9.78. The Bertz CT molecular complexity index is 214. The average molecular weight is 241 g/mol. The van der Waals surface area contributed by atoms with Gasteiger partial charge >= 0.3 is 0 Å². The van der Waals surface area contributed by atoms with Gasteiger partial charge in [-0.2, -0.15) is 0 Å². The van der Waals surface area contributed by atoms with Gasteiger partial charge < -0.3 is 15.5 Å². The van der Waals surface area contributed by atoms with Crippen LogP contribution in [0, 0.1) is 17.8 Å². The number of hydrogen-bond acceptors (Lipinski definition) is 3. The van der Waals surface area contributed by atoms with Crippen molar-refractivity contribution in [2.75, 3.05) is 19.7 Å². The molecule has 0 bridgehead atoms. The molecule has 17 heavy (non-hydrogen) atoms. The molecular formula is C14H27NO2. The van der Waals surface area contributed by atoms with Crippen molar-refractivity contribution in [3.8, 4) is 0 Å². The molecule has 2 aliphatic rings. The van der Waals surface area contributed by atoms with Crippen molar-refractivity contribution in [3.05, 3.63) is 0 Å². The van der Waals surface area contributed by atoms with Crippen LogP contribution < -0.4 is 5.32 Å². The van der Waals surface area contributed by atoms with E-state index in [9.17, 15) is 10.2 Å². The summed E-state index contributed by atoms with van der Waals surface area (Å²) in [6.45, 7) is 2.51. The van der Waals surface area contributed by atoms with Gasteiger partial charge in [0.15, 0.2) is 0 Å². The highest BCUT2D eigenvalue weighted by molar-refractivity contribution is 4.79. The molecule has 2 unspecified atom stereocenters. The third-order valence-electron chi connectivity index (χ3n) is 4.76. The lowest BCUT2D eigenvalue weighted by Crippen LogP contribution is -2.38. The Morgan fingerprint density at radius 3 is 2.41 bits per heavy atom. The van der Waals surface area contributed by atoms with Crippen molar-refractivity contribution in [1.29, 1.82) is 0 Å². The number of rotatable bonds is 4. The van der Waals surface area contributed by atoms with Gasteiger partial charge in [0, 0.05) is 6.61 Å². The molecule has 3 nitrogen and oxygen atoms in total. The van der Waals surface area contributed by atoms with Gasteiger partial charge in [-0.25, -0.2) is 0 Å². The maximum absolute atomic E-state index is 9.48. The van der Waals surface area contributed by atoms with E-state index in [1.165, 1.54) is 25.7 Å². The van der Waals surface area contributed by atoms with Gasteiger partial charge in [0.2, 0.25) is 0 Å². The summed E-state index contributed by atoms with van der Waals surface area (Å²) in [7, 11) is 0. The van der Waals surface area contributed by atoms with Crippen LogP contribution >= 0.6 is 0 Å². The Morgan fingerprint density at radius 2 is 1.71 bits per heavy atom. The minimum atomic E-state index is -0.0345. The second-order valence-electron chi connectivity index (χ2n) is 5.95. The SMILES string of the molecule is OCC1CCNCC1CCC1CCC(O)CC1. The van der Waals surface area contributed by atoms with Gasteiger partial charge in [-0.1, -0.05) is 6.42 Å². The summed E-state index contributed by atoms with van der Waals surface area (Å²) in [4.78, 5) is 0. The van der Waals surface area contributed by atoms with Crippen LogP contribution in [0.2, 0.25) is 0 Å². The van der Waals surface area contributed by atoms with Gasteiger partial charge in [-0.15, -0.1) is 0 Å². The van der Waals surface area contributed by atoms with Crippen molar-refractivity contribution >= 4 is 0 Å². The quantitative estimate of drug-likeness (QED) is 0.700. The third kappa shape index (κ3) is 3.94. The van der Waals surface area contributed by atoms with Crippen LogP contribution in [-0.4, -0.2) is 36.0 Å². The first kappa shape index (κ1) is 13.3. The van der Waals surface area contributed by atoms with Crippen LogP contribution in [0.1, 0.15) is 44.9 Å². The van der Waals surface area contributed by atoms with Crippen LogP contribution in [0.3, 0.4) is 0 Å². The minimum Gasteiger partial charge on any atom is -0.396 e. The molecule has 100 valence electrons. The van der Waals surface area contributed by atoms with E-state index in [0.29, 0.717) is 18.4 Å². The molecule has 2 rings (SSSR count). The molecule has 1 saturated heterocycles. The second kappa shape index (κ2) is 6.72. The molecule has 0 aromatic heterocycles. The van der Waals surface area contributed by atoms with Crippen molar-refractivity contribution < 1.29 is 10.2 Å². The largest absolute Gasteiger partial charge is 0.396 e. The van der Waals surface area contributed by atoms with Crippen LogP contribution in [0.5, 0.6) is 0 Å². The van der Waals surface area contributed by atoms with E-state index in [4.69, 9.17) is 0 Å². The summed E-state index contributed by atoms with van der Waals surface area (Å²) in [5.41, 5.74) is 0. The summed E-state index contributed by atoms with van der Waals surface area (Å²) in [5.74, 6) is 2.01. The molecule has 2 fully saturated rings. The molecule has 0 amide bonds. The van der Waals surface area contributed by atoms with Crippen molar-refractivity contribution in [1.82, 2.24) is 5.32 Å². The van der Waals surface area contributed by atoms with Gasteiger partial charge in [-0.05, 0) is 69.4 Å². The standard InChI is InChI=1S/C14H27NO2/c16-10-13-7-8-15-9-12(13)4-1-11-2-5-14(17)6-3-11/h11-17H,1-10H2. The topological polar surface area (TPSA) is 52.5 Å². The zero-order chi connectivity index (χ0) is 12.1. The first-order chi connectivity index (χ1) is 8.29. The summed E-state index contributed by atoms with van der Waals surface area (Å²) < 4.78 is 0. The molecule has 1 aliphatic carbocycles. The van der Waals surface area contributed by atoms with E-state index in [1.807, 2.05) is 0 Å². The third-order valence-corrected chi connectivity index (χ3v) is 4.76. The van der Waals surface area contributed by atoms with Gasteiger partial charge in [-0.3, -0.25) is 0 Å². The number of hydrogen-bond donors (Lipinski definition) is 3.